The maximum absolute atomic E-state index is 12.9. The van der Waals surface area contributed by atoms with Gasteiger partial charge in [-0.1, -0.05) is 46.8 Å². The van der Waals surface area contributed by atoms with E-state index in [1.54, 1.807) is 24.3 Å². The number of rotatable bonds is 12. The summed E-state index contributed by atoms with van der Waals surface area (Å²) in [7, 11) is 1.37. The average molecular weight is 740 g/mol. The van der Waals surface area contributed by atoms with E-state index in [-0.39, 0.29) is 75.3 Å². The molecule has 0 bridgehead atoms. The van der Waals surface area contributed by atoms with Crippen LogP contribution in [0.1, 0.15) is 126 Å². The Morgan fingerprint density at radius 1 is 0.868 bits per heavy atom. The first-order chi connectivity index (χ1) is 24.7. The first-order valence-corrected chi connectivity index (χ1v) is 19.8. The molecule has 4 aliphatic carbocycles. The van der Waals surface area contributed by atoms with Gasteiger partial charge in [0.15, 0.2) is 0 Å². The summed E-state index contributed by atoms with van der Waals surface area (Å²) in [5.74, 6) is -0.448. The van der Waals surface area contributed by atoms with E-state index in [1.807, 2.05) is 0 Å². The smallest absolute Gasteiger partial charge is 0.323 e. The summed E-state index contributed by atoms with van der Waals surface area (Å²) < 4.78 is 23.7. The van der Waals surface area contributed by atoms with Crippen LogP contribution in [0, 0.1) is 45.3 Å². The maximum Gasteiger partial charge on any atom is 0.323 e. The molecule has 10 heteroatoms. The van der Waals surface area contributed by atoms with Crippen LogP contribution < -0.4 is 5.32 Å². The van der Waals surface area contributed by atoms with Crippen molar-refractivity contribution in [1.29, 1.82) is 0 Å². The van der Waals surface area contributed by atoms with Crippen LogP contribution in [0.4, 0.5) is 0 Å². The molecule has 53 heavy (non-hydrogen) atoms. The van der Waals surface area contributed by atoms with Crippen LogP contribution in [0.3, 0.4) is 0 Å². The zero-order valence-electron chi connectivity index (χ0n) is 33.8. The topological polar surface area (TPSA) is 137 Å². The summed E-state index contributed by atoms with van der Waals surface area (Å²) in [5.41, 5.74) is -0.361. The third-order valence-corrected chi connectivity index (χ3v) is 15.2. The lowest BCUT2D eigenvalue weighted by Crippen LogP contribution is -2.67. The molecule has 0 aromatic heterocycles. The van der Waals surface area contributed by atoms with Crippen LogP contribution in [-0.2, 0) is 44.5 Å². The van der Waals surface area contributed by atoms with Crippen LogP contribution in [0.25, 0.3) is 0 Å². The number of methoxy groups -OCH3 is 1. The molecule has 0 spiro atoms. The van der Waals surface area contributed by atoms with E-state index in [4.69, 9.17) is 18.9 Å². The number of nitrogens with one attached hydrogen (secondary N) is 1. The summed E-state index contributed by atoms with van der Waals surface area (Å²) in [4.78, 5) is 50.5. The Kier molecular flexibility index (Phi) is 11.8. The van der Waals surface area contributed by atoms with Gasteiger partial charge in [0.1, 0.15) is 29.6 Å². The highest BCUT2D eigenvalue weighted by Gasteiger charge is 2.72. The maximum atomic E-state index is 12.9. The monoisotopic (exact) mass is 739 g/mol. The quantitative estimate of drug-likeness (QED) is 0.127. The molecule has 11 atom stereocenters. The molecule has 1 aromatic carbocycles. The highest BCUT2D eigenvalue weighted by atomic mass is 16.6. The second kappa shape index (κ2) is 15.2. The Bertz CT molecular complexity index is 1530. The fourth-order valence-electron chi connectivity index (χ4n) is 12.7. The van der Waals surface area contributed by atoms with Crippen molar-refractivity contribution in [1.82, 2.24) is 5.32 Å². The van der Waals surface area contributed by atoms with Crippen molar-refractivity contribution in [3.63, 3.8) is 0 Å². The number of carbonyl (C=O) groups is 4. The van der Waals surface area contributed by atoms with Gasteiger partial charge in [-0.05, 0) is 123 Å². The molecule has 0 amide bonds. The van der Waals surface area contributed by atoms with E-state index < -0.39 is 11.6 Å². The Balaban J connectivity index is 1.40. The van der Waals surface area contributed by atoms with E-state index in [2.05, 4.69) is 46.9 Å². The lowest BCUT2D eigenvalue weighted by atomic mass is 9.35. The lowest BCUT2D eigenvalue weighted by molar-refractivity contribution is -0.253. The molecule has 5 rings (SSSR count). The summed E-state index contributed by atoms with van der Waals surface area (Å²) in [6.45, 7) is 18.9. The van der Waals surface area contributed by atoms with Gasteiger partial charge < -0.3 is 29.4 Å². The Hall–Kier alpha value is -3.14. The summed E-state index contributed by atoms with van der Waals surface area (Å²) in [6, 6.07) is 6.21. The first kappa shape index (κ1) is 41.0. The third kappa shape index (κ3) is 7.59. The fourth-order valence-corrected chi connectivity index (χ4v) is 12.7. The molecule has 4 saturated carbocycles. The van der Waals surface area contributed by atoms with Crippen molar-refractivity contribution in [3.8, 4) is 5.75 Å². The Morgan fingerprint density at radius 3 is 2.11 bits per heavy atom. The van der Waals surface area contributed by atoms with Crippen LogP contribution in [0.5, 0.6) is 5.75 Å². The number of hydrogen-bond donors (Lipinski definition) is 2. The molecule has 296 valence electrons. The minimum absolute atomic E-state index is 0.00665. The second-order valence-electron chi connectivity index (χ2n) is 18.4. The Morgan fingerprint density at radius 2 is 1.51 bits per heavy atom. The van der Waals surface area contributed by atoms with E-state index in [0.717, 1.165) is 50.5 Å². The predicted octanol–water partition coefficient (Wildman–Crippen LogP) is 7.33. The number of phenols is 1. The molecule has 0 saturated heterocycles. The zero-order chi connectivity index (χ0) is 39.1. The van der Waals surface area contributed by atoms with Crippen LogP contribution in [-0.4, -0.2) is 66.5 Å². The fraction of sp³-hybridized carbons (Fsp3) is 0.767. The number of benzene rings is 1. The number of fused-ring (bicyclic) bond motifs is 5. The van der Waals surface area contributed by atoms with Gasteiger partial charge in [0.25, 0.3) is 0 Å². The van der Waals surface area contributed by atoms with Crippen LogP contribution in [0.2, 0.25) is 0 Å². The van der Waals surface area contributed by atoms with Gasteiger partial charge in [-0.25, -0.2) is 0 Å². The number of carbonyl (C=O) groups excluding carboxylic acids is 4. The molecule has 5 unspecified atom stereocenters. The third-order valence-electron chi connectivity index (χ3n) is 15.2. The number of aromatic hydroxyl groups is 1. The predicted molar refractivity (Wildman–Crippen MR) is 201 cm³/mol. The summed E-state index contributed by atoms with van der Waals surface area (Å²) >= 11 is 0. The molecule has 4 fully saturated rings. The van der Waals surface area contributed by atoms with E-state index in [9.17, 15) is 24.3 Å². The molecular weight excluding hydrogens is 674 g/mol. The molecule has 0 aliphatic heterocycles. The number of hydrogen-bond acceptors (Lipinski definition) is 10. The lowest BCUT2D eigenvalue weighted by Gasteiger charge is -2.70. The summed E-state index contributed by atoms with van der Waals surface area (Å²) in [5, 5.41) is 13.1. The number of phenolic OH excluding ortho intramolecular Hbond substituents is 1. The average Bonchev–Trinajstić information content (AvgIpc) is 3.45. The van der Waals surface area contributed by atoms with Gasteiger partial charge in [-0.15, -0.1) is 0 Å². The van der Waals surface area contributed by atoms with E-state index in [0.29, 0.717) is 37.6 Å². The van der Waals surface area contributed by atoms with Crippen molar-refractivity contribution in [2.45, 2.75) is 150 Å². The Labute approximate surface area is 316 Å². The first-order valence-electron chi connectivity index (χ1n) is 19.8. The van der Waals surface area contributed by atoms with Crippen molar-refractivity contribution in [3.05, 3.63) is 29.8 Å². The normalized spacial score (nSPS) is 36.0. The molecule has 0 radical (unpaired) electrons. The van der Waals surface area contributed by atoms with Crippen molar-refractivity contribution < 1.29 is 43.2 Å². The zero-order valence-corrected chi connectivity index (χ0v) is 33.8. The van der Waals surface area contributed by atoms with Crippen molar-refractivity contribution in [2.24, 2.45) is 45.3 Å². The van der Waals surface area contributed by atoms with Gasteiger partial charge in [-0.2, -0.15) is 0 Å². The molecule has 0 heterocycles. The molecule has 2 N–H and O–H groups in total. The minimum Gasteiger partial charge on any atom is -0.508 e. The molecule has 4 aliphatic rings. The second-order valence-corrected chi connectivity index (χ2v) is 18.4. The van der Waals surface area contributed by atoms with E-state index >= 15 is 0 Å². The number of ether oxygens (including phenoxy) is 4. The van der Waals surface area contributed by atoms with Gasteiger partial charge in [-0.3, -0.25) is 19.2 Å². The van der Waals surface area contributed by atoms with Gasteiger partial charge in [0.05, 0.1) is 7.11 Å². The summed E-state index contributed by atoms with van der Waals surface area (Å²) in [6.07, 6.45) is 7.56. The largest absolute Gasteiger partial charge is 0.508 e. The highest BCUT2D eigenvalue weighted by molar-refractivity contribution is 5.76. The standard InChI is InChI=1S/C43H65NO9/c1-26(45)51-33-25-35-40(6)20-18-36(52-27(2)46)39(4,5)34(40)17-22-41(35,7)42(8)21-16-31(37(33)42)43(9,53-28(3)47)19-11-23-44-32(38(49)50-10)24-29-12-14-30(48)15-13-29/h12-15,31-37,44,48H,11,16-25H2,1-10H3/t31?,32-,33?,34?,35?,36+,37+,40+,41-,42-,43?/m1/s1. The highest BCUT2D eigenvalue weighted by Crippen LogP contribution is 2.76. The van der Waals surface area contributed by atoms with Crippen LogP contribution in [0.15, 0.2) is 24.3 Å². The van der Waals surface area contributed by atoms with Gasteiger partial charge in [0, 0.05) is 38.0 Å². The van der Waals surface area contributed by atoms with Gasteiger partial charge >= 0.3 is 23.9 Å². The number of esters is 4. The van der Waals surface area contributed by atoms with Gasteiger partial charge in [0.2, 0.25) is 0 Å². The van der Waals surface area contributed by atoms with Crippen LogP contribution >= 0.6 is 0 Å². The SMILES string of the molecule is COC(=O)[C@@H](Cc1ccc(O)cc1)NCCCC(C)(OC(C)=O)C1CC[C@]2(C)[C@@H]1C(OC(C)=O)CC1[C@@]3(C)CC[C@H](OC(C)=O)C(C)(C)C3CC[C@]12C. The van der Waals surface area contributed by atoms with Crippen molar-refractivity contribution >= 4 is 23.9 Å². The minimum atomic E-state index is -0.819. The van der Waals surface area contributed by atoms with Crippen molar-refractivity contribution in [2.75, 3.05) is 13.7 Å². The molecule has 10 nitrogen and oxygen atoms in total. The van der Waals surface area contributed by atoms with E-state index in [1.165, 1.54) is 27.9 Å². The molecule has 1 aromatic rings. The molecular formula is C43H65NO9.